The van der Waals surface area contributed by atoms with Crippen LogP contribution >= 0.6 is 11.8 Å². The molecule has 2 rings (SSSR count). The number of hydrogen-bond donors (Lipinski definition) is 2. The molecule has 3 nitrogen and oxygen atoms in total. The quantitative estimate of drug-likeness (QED) is 0.846. The van der Waals surface area contributed by atoms with Gasteiger partial charge in [0.05, 0.1) is 12.3 Å². The first kappa shape index (κ1) is 15.8. The molecule has 0 aliphatic carbocycles. The van der Waals surface area contributed by atoms with Gasteiger partial charge in [-0.3, -0.25) is 4.90 Å². The maximum absolute atomic E-state index is 8.97. The Morgan fingerprint density at radius 3 is 2.80 bits per heavy atom. The molecule has 1 aromatic carbocycles. The summed E-state index contributed by atoms with van der Waals surface area (Å²) in [4.78, 5) is 2.43. The second kappa shape index (κ2) is 7.46. The third kappa shape index (κ3) is 3.98. The predicted molar refractivity (Wildman–Crippen MR) is 86.6 cm³/mol. The summed E-state index contributed by atoms with van der Waals surface area (Å²) < 4.78 is 0. The normalized spacial score (nSPS) is 27.6. The van der Waals surface area contributed by atoms with E-state index in [4.69, 9.17) is 10.8 Å². The minimum absolute atomic E-state index is 0.207. The van der Waals surface area contributed by atoms with Gasteiger partial charge >= 0.3 is 0 Å². The van der Waals surface area contributed by atoms with Crippen LogP contribution in [0.3, 0.4) is 0 Å². The first-order chi connectivity index (χ1) is 9.68. The van der Waals surface area contributed by atoms with Gasteiger partial charge in [0.15, 0.2) is 0 Å². The van der Waals surface area contributed by atoms with Gasteiger partial charge in [-0.05, 0) is 24.8 Å². The SMILES string of the molecule is CCC1(N)CC(SCCO)CCN1Cc1ccccc1. The van der Waals surface area contributed by atoms with Gasteiger partial charge in [-0.15, -0.1) is 0 Å². The average molecular weight is 294 g/mol. The lowest BCUT2D eigenvalue weighted by atomic mass is 9.92. The molecule has 0 saturated carbocycles. The van der Waals surface area contributed by atoms with E-state index in [0.29, 0.717) is 5.25 Å². The highest BCUT2D eigenvalue weighted by Gasteiger charge is 2.37. The Morgan fingerprint density at radius 1 is 1.40 bits per heavy atom. The number of likely N-dealkylation sites (tertiary alicyclic amines) is 1. The van der Waals surface area contributed by atoms with Crippen LogP contribution < -0.4 is 5.73 Å². The minimum Gasteiger partial charge on any atom is -0.396 e. The molecule has 1 aromatic rings. The van der Waals surface area contributed by atoms with Crippen molar-refractivity contribution < 1.29 is 5.11 Å². The third-order valence-corrected chi connectivity index (χ3v) is 5.50. The van der Waals surface area contributed by atoms with Crippen LogP contribution in [-0.2, 0) is 6.54 Å². The van der Waals surface area contributed by atoms with E-state index >= 15 is 0 Å². The zero-order chi connectivity index (χ0) is 14.4. The van der Waals surface area contributed by atoms with Crippen molar-refractivity contribution in [1.82, 2.24) is 4.90 Å². The molecule has 3 N–H and O–H groups in total. The van der Waals surface area contributed by atoms with Crippen molar-refractivity contribution in [3.63, 3.8) is 0 Å². The van der Waals surface area contributed by atoms with E-state index in [1.165, 1.54) is 5.56 Å². The van der Waals surface area contributed by atoms with Gasteiger partial charge in [-0.1, -0.05) is 37.3 Å². The smallest absolute Gasteiger partial charge is 0.0698 e. The summed E-state index contributed by atoms with van der Waals surface area (Å²) in [5, 5.41) is 9.55. The van der Waals surface area contributed by atoms with Crippen molar-refractivity contribution in [3.8, 4) is 0 Å². The minimum atomic E-state index is -0.207. The number of rotatable bonds is 6. The molecule has 20 heavy (non-hydrogen) atoms. The van der Waals surface area contributed by atoms with E-state index in [1.54, 1.807) is 0 Å². The standard InChI is InChI=1S/C16H26N2OS/c1-2-16(17)12-15(20-11-10-19)8-9-18(16)13-14-6-4-3-5-7-14/h3-7,15,19H,2,8-13,17H2,1H3. The molecule has 0 amide bonds. The Hall–Kier alpha value is -0.550. The zero-order valence-electron chi connectivity index (χ0n) is 12.3. The van der Waals surface area contributed by atoms with Crippen LogP contribution in [-0.4, -0.2) is 39.8 Å². The molecule has 0 radical (unpaired) electrons. The molecule has 4 heteroatoms. The lowest BCUT2D eigenvalue weighted by Gasteiger charge is -2.47. The van der Waals surface area contributed by atoms with Crippen LogP contribution in [0.4, 0.5) is 0 Å². The van der Waals surface area contributed by atoms with Gasteiger partial charge < -0.3 is 10.8 Å². The molecule has 1 heterocycles. The highest BCUT2D eigenvalue weighted by molar-refractivity contribution is 7.99. The second-order valence-electron chi connectivity index (χ2n) is 5.57. The number of thioether (sulfide) groups is 1. The van der Waals surface area contributed by atoms with Crippen molar-refractivity contribution in [2.24, 2.45) is 5.73 Å². The Bertz CT molecular complexity index is 401. The van der Waals surface area contributed by atoms with Crippen molar-refractivity contribution in [1.29, 1.82) is 0 Å². The van der Waals surface area contributed by atoms with Crippen LogP contribution in [0.25, 0.3) is 0 Å². The van der Waals surface area contributed by atoms with Crippen LogP contribution in [0.15, 0.2) is 30.3 Å². The molecule has 1 fully saturated rings. The summed E-state index contributed by atoms with van der Waals surface area (Å²) in [5.41, 5.74) is 7.79. The molecule has 112 valence electrons. The Kier molecular flexibility index (Phi) is 5.90. The van der Waals surface area contributed by atoms with Crippen LogP contribution in [0, 0.1) is 0 Å². The molecule has 0 spiro atoms. The summed E-state index contributed by atoms with van der Waals surface area (Å²) in [6, 6.07) is 10.6. The molecule has 0 aromatic heterocycles. The molecular formula is C16H26N2OS. The zero-order valence-corrected chi connectivity index (χ0v) is 13.1. The number of piperidine rings is 1. The van der Waals surface area contributed by atoms with Crippen LogP contribution in [0.1, 0.15) is 31.7 Å². The van der Waals surface area contributed by atoms with E-state index in [1.807, 2.05) is 11.8 Å². The molecule has 2 unspecified atom stereocenters. The fraction of sp³-hybridized carbons (Fsp3) is 0.625. The summed E-state index contributed by atoms with van der Waals surface area (Å²) in [7, 11) is 0. The van der Waals surface area contributed by atoms with Gasteiger partial charge in [0.2, 0.25) is 0 Å². The van der Waals surface area contributed by atoms with E-state index in [2.05, 4.69) is 42.2 Å². The first-order valence-electron chi connectivity index (χ1n) is 7.48. The number of aliphatic hydroxyl groups is 1. The van der Waals surface area contributed by atoms with Crippen molar-refractivity contribution in [2.75, 3.05) is 18.9 Å². The van der Waals surface area contributed by atoms with Gasteiger partial charge in [0.25, 0.3) is 0 Å². The highest BCUT2D eigenvalue weighted by atomic mass is 32.2. The predicted octanol–water partition coefficient (Wildman–Crippen LogP) is 2.44. The first-order valence-corrected chi connectivity index (χ1v) is 8.53. The number of hydrogen-bond acceptors (Lipinski definition) is 4. The van der Waals surface area contributed by atoms with Crippen molar-refractivity contribution in [2.45, 2.75) is 43.6 Å². The average Bonchev–Trinajstić information content (AvgIpc) is 2.49. The van der Waals surface area contributed by atoms with Gasteiger partial charge in [-0.25, -0.2) is 0 Å². The van der Waals surface area contributed by atoms with Gasteiger partial charge in [0.1, 0.15) is 0 Å². The monoisotopic (exact) mass is 294 g/mol. The number of benzene rings is 1. The summed E-state index contributed by atoms with van der Waals surface area (Å²) in [6.45, 7) is 4.42. The second-order valence-corrected chi connectivity index (χ2v) is 6.98. The lowest BCUT2D eigenvalue weighted by Crippen LogP contribution is -2.60. The molecule has 0 bridgehead atoms. The highest BCUT2D eigenvalue weighted by Crippen LogP contribution is 2.34. The Labute approximate surface area is 126 Å². The molecule has 1 saturated heterocycles. The number of nitrogens with zero attached hydrogens (tertiary/aromatic N) is 1. The summed E-state index contributed by atoms with van der Waals surface area (Å²) in [5.74, 6) is 0.823. The third-order valence-electron chi connectivity index (χ3n) is 4.21. The lowest BCUT2D eigenvalue weighted by molar-refractivity contribution is 0.0430. The van der Waals surface area contributed by atoms with E-state index < -0.39 is 0 Å². The van der Waals surface area contributed by atoms with Gasteiger partial charge in [0, 0.05) is 24.1 Å². The van der Waals surface area contributed by atoms with Crippen molar-refractivity contribution >= 4 is 11.8 Å². The fourth-order valence-electron chi connectivity index (χ4n) is 2.92. The topological polar surface area (TPSA) is 49.5 Å². The summed E-state index contributed by atoms with van der Waals surface area (Å²) in [6.07, 6.45) is 3.15. The van der Waals surface area contributed by atoms with Crippen LogP contribution in [0.5, 0.6) is 0 Å². The fourth-order valence-corrected chi connectivity index (χ4v) is 4.04. The maximum Gasteiger partial charge on any atom is 0.0698 e. The number of aliphatic hydroxyl groups excluding tert-OH is 1. The molecular weight excluding hydrogens is 268 g/mol. The van der Waals surface area contributed by atoms with Gasteiger partial charge in [-0.2, -0.15) is 11.8 Å². The summed E-state index contributed by atoms with van der Waals surface area (Å²) >= 11 is 1.87. The van der Waals surface area contributed by atoms with Crippen molar-refractivity contribution in [3.05, 3.63) is 35.9 Å². The Morgan fingerprint density at radius 2 is 2.15 bits per heavy atom. The van der Waals surface area contributed by atoms with E-state index in [9.17, 15) is 0 Å². The maximum atomic E-state index is 8.97. The van der Waals surface area contributed by atoms with E-state index in [0.717, 1.165) is 38.1 Å². The molecule has 1 aliphatic heterocycles. The molecule has 1 aliphatic rings. The Balaban J connectivity index is 1.99. The van der Waals surface area contributed by atoms with Crippen LogP contribution in [0.2, 0.25) is 0 Å². The van der Waals surface area contributed by atoms with E-state index in [-0.39, 0.29) is 12.3 Å². The molecule has 2 atom stereocenters. The number of nitrogens with two attached hydrogens (primary N) is 1. The largest absolute Gasteiger partial charge is 0.396 e.